The van der Waals surface area contributed by atoms with E-state index in [0.29, 0.717) is 5.69 Å². The Morgan fingerprint density at radius 1 is 1.09 bits per heavy atom. The molecule has 4 N–H and O–H groups in total. The summed E-state index contributed by atoms with van der Waals surface area (Å²) >= 11 is 0. The summed E-state index contributed by atoms with van der Waals surface area (Å²) in [7, 11) is 0. The molecule has 1 rings (SSSR count). The molecule has 4 heteroatoms. The van der Waals surface area contributed by atoms with Crippen LogP contribution in [0.5, 0.6) is 0 Å². The Morgan fingerprint density at radius 2 is 1.55 bits per heavy atom. The Labute approximate surface area is 64.5 Å². The van der Waals surface area contributed by atoms with Crippen LogP contribution >= 0.6 is 0 Å². The van der Waals surface area contributed by atoms with Crippen molar-refractivity contribution in [2.24, 2.45) is 0 Å². The second kappa shape index (κ2) is 3.92. The first-order valence-electron chi connectivity index (χ1n) is 2.94. The molecule has 4 nitrogen and oxygen atoms in total. The highest BCUT2D eigenvalue weighted by Gasteiger charge is 1.94. The minimum atomic E-state index is 0. The molecule has 62 valence electrons. The number of rotatable bonds is 1. The first kappa shape index (κ1) is 9.90. The van der Waals surface area contributed by atoms with E-state index < -0.39 is 0 Å². The molecular formula is C7H11NO3. The fourth-order valence-electron chi connectivity index (χ4n) is 0.678. The maximum Gasteiger partial charge on any atom is 0.0942 e. The second-order valence-corrected chi connectivity index (χ2v) is 2.12. The van der Waals surface area contributed by atoms with Gasteiger partial charge >= 0.3 is 0 Å². The predicted octanol–water partition coefficient (Wildman–Crippen LogP) is 0.755. The van der Waals surface area contributed by atoms with Gasteiger partial charge in [0.25, 0.3) is 0 Å². The molecule has 0 aliphatic heterocycles. The van der Waals surface area contributed by atoms with Gasteiger partial charge in [-0.25, -0.2) is 0 Å². The molecule has 0 aliphatic rings. The van der Waals surface area contributed by atoms with Crippen LogP contribution in [0.2, 0.25) is 0 Å². The molecule has 1 aromatic carbocycles. The van der Waals surface area contributed by atoms with E-state index in [1.54, 1.807) is 24.3 Å². The van der Waals surface area contributed by atoms with Crippen LogP contribution in [0.3, 0.4) is 0 Å². The maximum atomic E-state index is 8.50. The lowest BCUT2D eigenvalue weighted by Crippen LogP contribution is -2.10. The van der Waals surface area contributed by atoms with Gasteiger partial charge in [-0.1, -0.05) is 17.7 Å². The Balaban J connectivity index is 0.000001000. The van der Waals surface area contributed by atoms with E-state index in [0.717, 1.165) is 5.56 Å². The van der Waals surface area contributed by atoms with Crippen molar-refractivity contribution in [3.8, 4) is 0 Å². The highest BCUT2D eigenvalue weighted by atomic mass is 16.8. The molecule has 0 aliphatic carbocycles. The van der Waals surface area contributed by atoms with Gasteiger partial charge in [-0.3, -0.25) is 10.4 Å². The van der Waals surface area contributed by atoms with Crippen molar-refractivity contribution >= 4 is 5.69 Å². The average molecular weight is 157 g/mol. The molecule has 0 bridgehead atoms. The van der Waals surface area contributed by atoms with Gasteiger partial charge in [0.05, 0.1) is 5.69 Å². The largest absolute Gasteiger partial charge is 0.412 e. The van der Waals surface area contributed by atoms with Gasteiger partial charge in [-0.05, 0) is 19.1 Å². The van der Waals surface area contributed by atoms with E-state index in [-0.39, 0.29) is 10.7 Å². The number of anilines is 1. The van der Waals surface area contributed by atoms with E-state index >= 15 is 0 Å². The zero-order valence-electron chi connectivity index (χ0n) is 6.15. The van der Waals surface area contributed by atoms with Gasteiger partial charge in [0.1, 0.15) is 0 Å². The van der Waals surface area contributed by atoms with Crippen LogP contribution < -0.4 is 5.23 Å². The summed E-state index contributed by atoms with van der Waals surface area (Å²) in [5.74, 6) is 0. The van der Waals surface area contributed by atoms with E-state index in [9.17, 15) is 0 Å². The zero-order chi connectivity index (χ0) is 7.56. The standard InChI is InChI=1S/C7H9NO2.H2O/c1-6-2-4-7(5-3-6)8(9)10;/h2-5,9-10H,1H3;1H2. The molecule has 0 spiro atoms. The Bertz CT molecular complexity index is 207. The highest BCUT2D eigenvalue weighted by molar-refractivity contribution is 5.42. The molecule has 11 heavy (non-hydrogen) atoms. The smallest absolute Gasteiger partial charge is 0.0942 e. The fraction of sp³-hybridized carbons (Fsp3) is 0.143. The Morgan fingerprint density at radius 3 is 1.91 bits per heavy atom. The molecule has 1 aromatic rings. The summed E-state index contributed by atoms with van der Waals surface area (Å²) in [6.07, 6.45) is 0. The van der Waals surface area contributed by atoms with Crippen LogP contribution in [-0.4, -0.2) is 15.9 Å². The molecule has 0 atom stereocenters. The van der Waals surface area contributed by atoms with Crippen LogP contribution in [0, 0.1) is 6.92 Å². The fourth-order valence-corrected chi connectivity index (χ4v) is 0.678. The van der Waals surface area contributed by atoms with Crippen molar-refractivity contribution in [1.82, 2.24) is 0 Å². The molecule has 0 amide bonds. The van der Waals surface area contributed by atoms with E-state index in [2.05, 4.69) is 0 Å². The van der Waals surface area contributed by atoms with Gasteiger partial charge < -0.3 is 5.48 Å². The van der Waals surface area contributed by atoms with Crippen LogP contribution in [0.25, 0.3) is 0 Å². The normalized spacial score (nSPS) is 8.64. The summed E-state index contributed by atoms with van der Waals surface area (Å²) in [6, 6.07) is 6.84. The van der Waals surface area contributed by atoms with Gasteiger partial charge in [-0.15, -0.1) is 5.23 Å². The molecule has 0 radical (unpaired) electrons. The predicted molar refractivity (Wildman–Crippen MR) is 40.8 cm³/mol. The lowest BCUT2D eigenvalue weighted by atomic mass is 10.2. The van der Waals surface area contributed by atoms with Crippen molar-refractivity contribution in [3.63, 3.8) is 0 Å². The SMILES string of the molecule is Cc1ccc(N(O)O)cc1.O. The van der Waals surface area contributed by atoms with Gasteiger partial charge in [0, 0.05) is 0 Å². The number of hydrogen-bond acceptors (Lipinski definition) is 3. The van der Waals surface area contributed by atoms with Crippen LogP contribution in [-0.2, 0) is 0 Å². The molecule has 0 aromatic heterocycles. The summed E-state index contributed by atoms with van der Waals surface area (Å²) in [4.78, 5) is 0. The Hall–Kier alpha value is -1.10. The summed E-state index contributed by atoms with van der Waals surface area (Å²) in [6.45, 7) is 1.93. The number of aryl methyl sites for hydroxylation is 1. The lowest BCUT2D eigenvalue weighted by Gasteiger charge is -2.06. The quantitative estimate of drug-likeness (QED) is 0.591. The van der Waals surface area contributed by atoms with Crippen LogP contribution in [0.4, 0.5) is 5.69 Å². The first-order chi connectivity index (χ1) is 4.70. The molecule has 0 heterocycles. The van der Waals surface area contributed by atoms with Crippen LogP contribution in [0.1, 0.15) is 5.56 Å². The van der Waals surface area contributed by atoms with E-state index in [1.807, 2.05) is 6.92 Å². The monoisotopic (exact) mass is 157 g/mol. The second-order valence-electron chi connectivity index (χ2n) is 2.12. The number of benzene rings is 1. The molecule has 0 unspecified atom stereocenters. The lowest BCUT2D eigenvalue weighted by molar-refractivity contribution is 0.0291. The van der Waals surface area contributed by atoms with Gasteiger partial charge in [0.2, 0.25) is 0 Å². The third-order valence-electron chi connectivity index (χ3n) is 1.26. The summed E-state index contributed by atoms with van der Waals surface area (Å²) in [5.41, 5.74) is 1.45. The molecule has 0 saturated carbocycles. The summed E-state index contributed by atoms with van der Waals surface area (Å²) < 4.78 is 0. The van der Waals surface area contributed by atoms with Crippen molar-refractivity contribution in [2.45, 2.75) is 6.92 Å². The van der Waals surface area contributed by atoms with Crippen molar-refractivity contribution in [3.05, 3.63) is 29.8 Å². The maximum absolute atomic E-state index is 8.50. The van der Waals surface area contributed by atoms with Crippen molar-refractivity contribution in [1.29, 1.82) is 0 Å². The summed E-state index contributed by atoms with van der Waals surface area (Å²) in [5, 5.41) is 17.1. The highest BCUT2D eigenvalue weighted by Crippen LogP contribution is 2.10. The van der Waals surface area contributed by atoms with E-state index in [4.69, 9.17) is 10.4 Å². The van der Waals surface area contributed by atoms with Crippen LogP contribution in [0.15, 0.2) is 24.3 Å². The zero-order valence-corrected chi connectivity index (χ0v) is 6.15. The first-order valence-corrected chi connectivity index (χ1v) is 2.94. The van der Waals surface area contributed by atoms with Gasteiger partial charge in [0.15, 0.2) is 0 Å². The Kier molecular flexibility index (Phi) is 3.53. The molecule has 0 saturated heterocycles. The topological polar surface area (TPSA) is 75.2 Å². The van der Waals surface area contributed by atoms with E-state index in [1.165, 1.54) is 0 Å². The number of hydrogen-bond donors (Lipinski definition) is 2. The third-order valence-corrected chi connectivity index (χ3v) is 1.26. The molecule has 0 fully saturated rings. The van der Waals surface area contributed by atoms with Crippen molar-refractivity contribution < 1.29 is 15.9 Å². The van der Waals surface area contributed by atoms with Crippen molar-refractivity contribution in [2.75, 3.05) is 5.23 Å². The number of nitrogens with zero attached hydrogens (tertiary/aromatic N) is 1. The minimum Gasteiger partial charge on any atom is -0.412 e. The third kappa shape index (κ3) is 2.55. The van der Waals surface area contributed by atoms with Gasteiger partial charge in [-0.2, -0.15) is 0 Å². The minimum absolute atomic E-state index is 0. The molecular weight excluding hydrogens is 146 g/mol. The average Bonchev–Trinajstić information content (AvgIpc) is 1.88.